The average molecular weight is 396 g/mol. The maximum atomic E-state index is 12.3. The molecule has 3 nitrogen and oxygen atoms in total. The summed E-state index contributed by atoms with van der Waals surface area (Å²) in [5, 5.41) is 0. The number of benzene rings is 1. The highest BCUT2D eigenvalue weighted by Gasteiger charge is 2.13. The molecule has 29 heavy (non-hydrogen) atoms. The van der Waals surface area contributed by atoms with Gasteiger partial charge in [-0.3, -0.25) is 9.78 Å². The van der Waals surface area contributed by atoms with E-state index in [1.54, 1.807) is 0 Å². The van der Waals surface area contributed by atoms with Crippen molar-refractivity contribution in [1.29, 1.82) is 0 Å². The molecule has 0 saturated heterocycles. The van der Waals surface area contributed by atoms with E-state index < -0.39 is 0 Å². The van der Waals surface area contributed by atoms with Crippen LogP contribution >= 0.6 is 0 Å². The molecule has 0 radical (unpaired) electrons. The van der Waals surface area contributed by atoms with Crippen LogP contribution in [0.25, 0.3) is 11.3 Å². The number of hydrogen-bond donors (Lipinski definition) is 0. The molecule has 0 aliphatic rings. The zero-order valence-electron chi connectivity index (χ0n) is 18.5. The van der Waals surface area contributed by atoms with Crippen molar-refractivity contribution in [2.24, 2.45) is 5.92 Å². The Morgan fingerprint density at radius 1 is 1.03 bits per heavy atom. The monoisotopic (exact) mass is 395 g/mol. The highest BCUT2D eigenvalue weighted by Crippen LogP contribution is 2.29. The van der Waals surface area contributed by atoms with E-state index in [4.69, 9.17) is 4.74 Å². The summed E-state index contributed by atoms with van der Waals surface area (Å²) in [6, 6.07) is 11.9. The molecule has 0 aliphatic carbocycles. The zero-order chi connectivity index (χ0) is 20.9. The van der Waals surface area contributed by atoms with Crippen LogP contribution in [0.1, 0.15) is 84.1 Å². The first-order chi connectivity index (χ1) is 14.1. The molecule has 0 fully saturated rings. The third-order valence-electron chi connectivity index (χ3n) is 5.57. The van der Waals surface area contributed by atoms with Gasteiger partial charge in [-0.25, -0.2) is 0 Å². The van der Waals surface area contributed by atoms with E-state index in [-0.39, 0.29) is 5.97 Å². The smallest absolute Gasteiger partial charge is 0.311 e. The predicted octanol–water partition coefficient (Wildman–Crippen LogP) is 7.38. The second-order valence-corrected chi connectivity index (χ2v) is 8.09. The van der Waals surface area contributed by atoms with Crippen molar-refractivity contribution in [2.75, 3.05) is 0 Å². The number of aryl methyl sites for hydroxylation is 1. The molecular weight excluding hydrogens is 358 g/mol. The summed E-state index contributed by atoms with van der Waals surface area (Å²) in [7, 11) is 0. The molecule has 1 aromatic carbocycles. The number of carbonyl (C=O) groups is 1. The fourth-order valence-corrected chi connectivity index (χ4v) is 3.40. The molecule has 2 rings (SSSR count). The minimum Gasteiger partial charge on any atom is -0.426 e. The molecule has 1 aromatic heterocycles. The highest BCUT2D eigenvalue weighted by atomic mass is 16.5. The number of carbonyl (C=O) groups excluding carboxylic acids is 1. The Kier molecular flexibility index (Phi) is 10.5. The second-order valence-electron chi connectivity index (χ2n) is 8.09. The Morgan fingerprint density at radius 3 is 2.59 bits per heavy atom. The van der Waals surface area contributed by atoms with E-state index >= 15 is 0 Å². The van der Waals surface area contributed by atoms with Crippen molar-refractivity contribution in [3.8, 4) is 17.0 Å². The van der Waals surface area contributed by atoms with Crippen molar-refractivity contribution in [3.05, 3.63) is 48.2 Å². The molecular formula is C26H37NO2. The van der Waals surface area contributed by atoms with Gasteiger partial charge in [0.25, 0.3) is 0 Å². The summed E-state index contributed by atoms with van der Waals surface area (Å²) in [6.45, 7) is 6.56. The number of pyridine rings is 1. The van der Waals surface area contributed by atoms with Gasteiger partial charge in [-0.1, -0.05) is 71.4 Å². The average Bonchev–Trinajstić information content (AvgIpc) is 2.75. The molecule has 0 N–H and O–H groups in total. The van der Waals surface area contributed by atoms with Crippen molar-refractivity contribution in [3.63, 3.8) is 0 Å². The van der Waals surface area contributed by atoms with Crippen LogP contribution in [0.5, 0.6) is 5.75 Å². The summed E-state index contributed by atoms with van der Waals surface area (Å²) < 4.78 is 5.69. The van der Waals surface area contributed by atoms with Gasteiger partial charge in [-0.15, -0.1) is 0 Å². The van der Waals surface area contributed by atoms with Crippen molar-refractivity contribution < 1.29 is 9.53 Å². The van der Waals surface area contributed by atoms with Gasteiger partial charge in [0.05, 0.1) is 5.69 Å². The summed E-state index contributed by atoms with van der Waals surface area (Å²) in [5.74, 6) is 0.977. The first kappa shape index (κ1) is 23.1. The Morgan fingerprint density at radius 2 is 1.79 bits per heavy atom. The molecule has 1 unspecified atom stereocenters. The van der Waals surface area contributed by atoms with Gasteiger partial charge in [0.15, 0.2) is 0 Å². The largest absolute Gasteiger partial charge is 0.426 e. The van der Waals surface area contributed by atoms with E-state index in [0.717, 1.165) is 30.5 Å². The van der Waals surface area contributed by atoms with Crippen LogP contribution in [-0.2, 0) is 11.2 Å². The van der Waals surface area contributed by atoms with Gasteiger partial charge in [0.1, 0.15) is 5.75 Å². The van der Waals surface area contributed by atoms with Gasteiger partial charge in [-0.05, 0) is 55.0 Å². The Bertz CT molecular complexity index is 741. The molecule has 2 aromatic rings. The fourth-order valence-electron chi connectivity index (χ4n) is 3.40. The van der Waals surface area contributed by atoms with Gasteiger partial charge in [0, 0.05) is 18.2 Å². The van der Waals surface area contributed by atoms with E-state index in [9.17, 15) is 4.79 Å². The number of rotatable bonds is 13. The highest BCUT2D eigenvalue weighted by molar-refractivity contribution is 5.77. The van der Waals surface area contributed by atoms with Gasteiger partial charge in [-0.2, -0.15) is 0 Å². The van der Waals surface area contributed by atoms with Crippen LogP contribution in [0.4, 0.5) is 0 Å². The van der Waals surface area contributed by atoms with Crippen molar-refractivity contribution in [1.82, 2.24) is 4.98 Å². The summed E-state index contributed by atoms with van der Waals surface area (Å²) in [5.41, 5.74) is 3.05. The summed E-state index contributed by atoms with van der Waals surface area (Å²) in [4.78, 5) is 16.8. The lowest BCUT2D eigenvalue weighted by atomic mass is 10.0. The lowest BCUT2D eigenvalue weighted by Gasteiger charge is -2.12. The Hall–Kier alpha value is -2.16. The minimum atomic E-state index is -0.166. The standard InChI is InChI=1S/C26H37NO2/c1-4-6-7-8-9-10-13-22-18-19-27-24(20-22)23-14-11-12-15-25(23)29-26(28)17-16-21(3)5-2/h11-12,14-15,18-21H,4-10,13,16-17H2,1-3H3. The maximum absolute atomic E-state index is 12.3. The number of ether oxygens (including phenoxy) is 1. The number of unbranched alkanes of at least 4 members (excludes halogenated alkanes) is 5. The molecule has 0 saturated carbocycles. The molecule has 0 amide bonds. The third kappa shape index (κ3) is 8.39. The Balaban J connectivity index is 1.98. The number of esters is 1. The fraction of sp³-hybridized carbons (Fsp3) is 0.538. The lowest BCUT2D eigenvalue weighted by molar-refractivity contribution is -0.134. The molecule has 1 heterocycles. The molecule has 0 bridgehead atoms. The van der Waals surface area contributed by atoms with Crippen LogP contribution in [-0.4, -0.2) is 11.0 Å². The predicted molar refractivity (Wildman–Crippen MR) is 121 cm³/mol. The van der Waals surface area contributed by atoms with E-state index in [1.807, 2.05) is 30.5 Å². The van der Waals surface area contributed by atoms with E-state index in [0.29, 0.717) is 18.1 Å². The number of aromatic nitrogens is 1. The number of para-hydroxylation sites is 1. The third-order valence-corrected chi connectivity index (χ3v) is 5.57. The molecule has 3 heteroatoms. The van der Waals surface area contributed by atoms with E-state index in [2.05, 4.69) is 37.9 Å². The minimum absolute atomic E-state index is 0.166. The SMILES string of the molecule is CCCCCCCCc1ccnc(-c2ccccc2OC(=O)CCC(C)CC)c1. The van der Waals surface area contributed by atoms with E-state index in [1.165, 1.54) is 44.1 Å². The van der Waals surface area contributed by atoms with Crippen molar-refractivity contribution in [2.45, 2.75) is 85.0 Å². The summed E-state index contributed by atoms with van der Waals surface area (Å²) in [6.07, 6.45) is 13.1. The van der Waals surface area contributed by atoms with Crippen LogP contribution < -0.4 is 4.74 Å². The topological polar surface area (TPSA) is 39.2 Å². The quantitative estimate of drug-likeness (QED) is 0.202. The first-order valence-electron chi connectivity index (χ1n) is 11.4. The number of hydrogen-bond acceptors (Lipinski definition) is 3. The van der Waals surface area contributed by atoms with Gasteiger partial charge >= 0.3 is 5.97 Å². The second kappa shape index (κ2) is 13.1. The van der Waals surface area contributed by atoms with Gasteiger partial charge < -0.3 is 4.74 Å². The molecule has 0 aliphatic heterocycles. The van der Waals surface area contributed by atoms with Crippen LogP contribution in [0.2, 0.25) is 0 Å². The number of nitrogens with zero attached hydrogens (tertiary/aromatic N) is 1. The first-order valence-corrected chi connectivity index (χ1v) is 11.4. The molecule has 1 atom stereocenters. The maximum Gasteiger partial charge on any atom is 0.311 e. The molecule has 0 spiro atoms. The normalized spacial score (nSPS) is 12.0. The lowest BCUT2D eigenvalue weighted by Crippen LogP contribution is -2.10. The van der Waals surface area contributed by atoms with Crippen LogP contribution in [0.15, 0.2) is 42.6 Å². The Labute approximate surface area is 176 Å². The van der Waals surface area contributed by atoms with Crippen molar-refractivity contribution >= 4 is 5.97 Å². The summed E-state index contributed by atoms with van der Waals surface area (Å²) >= 11 is 0. The van der Waals surface area contributed by atoms with Crippen LogP contribution in [0, 0.1) is 5.92 Å². The molecule has 158 valence electrons. The van der Waals surface area contributed by atoms with Crippen LogP contribution in [0.3, 0.4) is 0 Å². The van der Waals surface area contributed by atoms with Gasteiger partial charge in [0.2, 0.25) is 0 Å². The zero-order valence-corrected chi connectivity index (χ0v) is 18.5.